The molecule has 0 saturated carbocycles. The van der Waals surface area contributed by atoms with E-state index in [0.717, 1.165) is 25.1 Å². The quantitative estimate of drug-likeness (QED) is 0.212. The van der Waals surface area contributed by atoms with Crippen molar-refractivity contribution in [1.29, 1.82) is 5.26 Å². The minimum absolute atomic E-state index is 0.107. The topological polar surface area (TPSA) is 126 Å². The van der Waals surface area contributed by atoms with Crippen LogP contribution in [0.3, 0.4) is 0 Å². The number of nitrogens with zero attached hydrogens (tertiary/aromatic N) is 5. The fourth-order valence-corrected chi connectivity index (χ4v) is 4.10. The zero-order valence-corrected chi connectivity index (χ0v) is 23.5. The van der Waals surface area contributed by atoms with E-state index in [4.69, 9.17) is 5.26 Å². The van der Waals surface area contributed by atoms with Crippen LogP contribution in [0.15, 0.2) is 42.6 Å². The molecule has 1 aromatic heterocycles. The maximum Gasteiger partial charge on any atom is 0.246 e. The van der Waals surface area contributed by atoms with Crippen molar-refractivity contribution in [1.82, 2.24) is 25.1 Å². The summed E-state index contributed by atoms with van der Waals surface area (Å²) < 4.78 is 0. The lowest BCUT2D eigenvalue weighted by molar-refractivity contribution is -0.135. The maximum absolute atomic E-state index is 12.7. The normalized spacial score (nSPS) is 14.5. The first-order chi connectivity index (χ1) is 19.4. The number of anilines is 3. The van der Waals surface area contributed by atoms with Gasteiger partial charge < -0.3 is 25.8 Å². The number of carbonyl (C=O) groups excluding carboxylic acids is 2. The number of likely N-dealkylation sites (tertiary alicyclic amines) is 1. The Bertz CT molecular complexity index is 1270. The van der Waals surface area contributed by atoms with Crippen molar-refractivity contribution in [3.63, 3.8) is 0 Å². The van der Waals surface area contributed by atoms with Gasteiger partial charge in [-0.25, -0.2) is 4.98 Å². The summed E-state index contributed by atoms with van der Waals surface area (Å²) in [6.45, 7) is 4.60. The van der Waals surface area contributed by atoms with Gasteiger partial charge in [0.1, 0.15) is 11.9 Å². The van der Waals surface area contributed by atoms with Crippen molar-refractivity contribution in [2.75, 3.05) is 50.9 Å². The highest BCUT2D eigenvalue weighted by molar-refractivity contribution is 5.93. The molecule has 1 atom stereocenters. The Labute approximate surface area is 236 Å². The molecule has 0 bridgehead atoms. The summed E-state index contributed by atoms with van der Waals surface area (Å²) >= 11 is 0. The number of unbranched alkanes of at least 4 members (excludes halogenated alkanes) is 1. The van der Waals surface area contributed by atoms with E-state index in [-0.39, 0.29) is 11.8 Å². The van der Waals surface area contributed by atoms with E-state index >= 15 is 0 Å². The number of hydrogen-bond donors (Lipinski definition) is 3. The first-order valence-electron chi connectivity index (χ1n) is 13.7. The molecule has 0 spiro atoms. The van der Waals surface area contributed by atoms with Gasteiger partial charge in [-0.05, 0) is 64.0 Å². The Balaban J connectivity index is 1.50. The highest BCUT2D eigenvalue weighted by Gasteiger charge is 2.32. The van der Waals surface area contributed by atoms with Crippen LogP contribution >= 0.6 is 0 Å². The Morgan fingerprint density at radius 2 is 2.02 bits per heavy atom. The van der Waals surface area contributed by atoms with E-state index in [0.29, 0.717) is 61.8 Å². The van der Waals surface area contributed by atoms with Gasteiger partial charge in [-0.15, -0.1) is 0 Å². The van der Waals surface area contributed by atoms with Crippen LogP contribution in [0.2, 0.25) is 0 Å². The Morgan fingerprint density at radius 1 is 1.23 bits per heavy atom. The van der Waals surface area contributed by atoms with E-state index < -0.39 is 6.04 Å². The lowest BCUT2D eigenvalue weighted by Gasteiger charge is -2.22. The van der Waals surface area contributed by atoms with Crippen LogP contribution in [-0.2, 0) is 9.59 Å². The molecule has 2 amide bonds. The molecule has 1 aromatic carbocycles. The molecule has 10 heteroatoms. The number of amides is 2. The van der Waals surface area contributed by atoms with Crippen molar-refractivity contribution in [2.24, 2.45) is 0 Å². The molecule has 1 aliphatic heterocycles. The van der Waals surface area contributed by atoms with E-state index in [1.807, 2.05) is 25.1 Å². The standard InChI is InChI=1S/C30H38N8O2/c1-4-17-32-28-24(22-34-30(36-28)35-25-15-13-23(21-31)14-16-25)10-6-5-7-18-33-29(40)26-11-8-20-38(26)27(39)12-9-19-37(2)3/h9,12-16,22,26H,4-5,7-8,11,17-20H2,1-3H3,(H,33,40)(H2,32,34,35,36)/b12-9+/t26-/m0/s1. The van der Waals surface area contributed by atoms with Crippen LogP contribution in [0.4, 0.5) is 17.5 Å². The van der Waals surface area contributed by atoms with Gasteiger partial charge in [0.15, 0.2) is 0 Å². The Hall–Kier alpha value is -4.41. The van der Waals surface area contributed by atoms with Crippen molar-refractivity contribution in [2.45, 2.75) is 45.1 Å². The van der Waals surface area contributed by atoms with Gasteiger partial charge in [-0.3, -0.25) is 9.59 Å². The van der Waals surface area contributed by atoms with Gasteiger partial charge in [0.25, 0.3) is 0 Å². The second kappa shape index (κ2) is 15.9. The predicted molar refractivity (Wildman–Crippen MR) is 157 cm³/mol. The van der Waals surface area contributed by atoms with Crippen LogP contribution < -0.4 is 16.0 Å². The van der Waals surface area contributed by atoms with Crippen molar-refractivity contribution in [3.8, 4) is 17.9 Å². The van der Waals surface area contributed by atoms with Gasteiger partial charge in [0.2, 0.25) is 17.8 Å². The summed E-state index contributed by atoms with van der Waals surface area (Å²) in [5.41, 5.74) is 2.07. The second-order valence-corrected chi connectivity index (χ2v) is 9.75. The van der Waals surface area contributed by atoms with Crippen LogP contribution in [0, 0.1) is 23.2 Å². The molecule has 2 heterocycles. The summed E-state index contributed by atoms with van der Waals surface area (Å²) in [5, 5.41) is 18.4. The number of benzene rings is 1. The Morgan fingerprint density at radius 3 is 2.75 bits per heavy atom. The van der Waals surface area contributed by atoms with E-state index in [9.17, 15) is 9.59 Å². The third-order valence-electron chi connectivity index (χ3n) is 6.17. The average Bonchev–Trinajstić information content (AvgIpc) is 3.45. The summed E-state index contributed by atoms with van der Waals surface area (Å²) in [6.07, 6.45) is 8.80. The van der Waals surface area contributed by atoms with Crippen molar-refractivity contribution in [3.05, 3.63) is 53.7 Å². The summed E-state index contributed by atoms with van der Waals surface area (Å²) in [7, 11) is 3.88. The minimum atomic E-state index is -0.414. The van der Waals surface area contributed by atoms with Crippen LogP contribution in [0.5, 0.6) is 0 Å². The number of nitriles is 1. The molecule has 40 heavy (non-hydrogen) atoms. The van der Waals surface area contributed by atoms with Crippen molar-refractivity contribution >= 4 is 29.3 Å². The largest absolute Gasteiger partial charge is 0.369 e. The molecule has 10 nitrogen and oxygen atoms in total. The van der Waals surface area contributed by atoms with Gasteiger partial charge >= 0.3 is 0 Å². The molecule has 1 saturated heterocycles. The average molecular weight is 543 g/mol. The van der Waals surface area contributed by atoms with Crippen LogP contribution in [-0.4, -0.2) is 77.9 Å². The zero-order chi connectivity index (χ0) is 28.7. The molecule has 0 aliphatic carbocycles. The van der Waals surface area contributed by atoms with Gasteiger partial charge in [0.05, 0.1) is 23.4 Å². The summed E-state index contributed by atoms with van der Waals surface area (Å²) in [5.74, 6) is 7.16. The molecule has 210 valence electrons. The molecule has 3 rings (SSSR count). The van der Waals surface area contributed by atoms with E-state index in [1.54, 1.807) is 41.4 Å². The highest BCUT2D eigenvalue weighted by Crippen LogP contribution is 2.19. The molecule has 1 fully saturated rings. The monoisotopic (exact) mass is 542 g/mol. The SMILES string of the molecule is CCCNc1nc(Nc2ccc(C#N)cc2)ncc1C#CCCCNC(=O)[C@@H]1CCCN1C(=O)/C=C/CN(C)C. The predicted octanol–water partition coefficient (Wildman–Crippen LogP) is 3.27. The fraction of sp³-hybridized carbons (Fsp3) is 0.433. The summed E-state index contributed by atoms with van der Waals surface area (Å²) in [6, 6.07) is 8.76. The van der Waals surface area contributed by atoms with Gasteiger partial charge in [-0.1, -0.05) is 24.8 Å². The highest BCUT2D eigenvalue weighted by atomic mass is 16.2. The number of carbonyl (C=O) groups is 2. The van der Waals surface area contributed by atoms with Crippen LogP contribution in [0.1, 0.15) is 50.2 Å². The first kappa shape index (κ1) is 30.1. The molecular weight excluding hydrogens is 504 g/mol. The second-order valence-electron chi connectivity index (χ2n) is 9.75. The molecular formula is C30H38N8O2. The number of nitrogens with one attached hydrogen (secondary N) is 3. The number of aromatic nitrogens is 2. The van der Waals surface area contributed by atoms with E-state index in [1.165, 1.54) is 0 Å². The maximum atomic E-state index is 12.7. The van der Waals surface area contributed by atoms with Crippen molar-refractivity contribution < 1.29 is 9.59 Å². The third kappa shape index (κ3) is 9.40. The first-order valence-corrected chi connectivity index (χ1v) is 13.7. The Kier molecular flexibility index (Phi) is 12.0. The lowest BCUT2D eigenvalue weighted by atomic mass is 10.2. The number of likely N-dealkylation sites (N-methyl/N-ethyl adjacent to an activating group) is 1. The molecule has 1 aliphatic rings. The molecule has 0 radical (unpaired) electrons. The van der Waals surface area contributed by atoms with Crippen LogP contribution in [0.25, 0.3) is 0 Å². The molecule has 2 aromatic rings. The van der Waals surface area contributed by atoms with Gasteiger partial charge in [-0.2, -0.15) is 10.2 Å². The minimum Gasteiger partial charge on any atom is -0.369 e. The third-order valence-corrected chi connectivity index (χ3v) is 6.17. The van der Waals surface area contributed by atoms with E-state index in [2.05, 4.69) is 50.8 Å². The smallest absolute Gasteiger partial charge is 0.246 e. The van der Waals surface area contributed by atoms with Gasteiger partial charge in [0, 0.05) is 44.4 Å². The molecule has 0 unspecified atom stereocenters. The number of rotatable bonds is 12. The summed E-state index contributed by atoms with van der Waals surface area (Å²) in [4.78, 5) is 37.8. The lowest BCUT2D eigenvalue weighted by Crippen LogP contribution is -2.45. The fourth-order valence-electron chi connectivity index (χ4n) is 4.10. The number of hydrogen-bond acceptors (Lipinski definition) is 8. The molecule has 3 N–H and O–H groups in total. The zero-order valence-electron chi connectivity index (χ0n) is 23.5.